The highest BCUT2D eigenvalue weighted by Crippen LogP contribution is 2.39. The van der Waals surface area contributed by atoms with Crippen molar-refractivity contribution in [3.05, 3.63) is 132 Å². The lowest BCUT2D eigenvalue weighted by molar-refractivity contribution is 0.590. The van der Waals surface area contributed by atoms with Crippen molar-refractivity contribution in [1.82, 2.24) is 4.98 Å². The van der Waals surface area contributed by atoms with Gasteiger partial charge in [-0.1, -0.05) is 120 Å². The van der Waals surface area contributed by atoms with Gasteiger partial charge in [-0.15, -0.1) is 11.3 Å². The van der Waals surface area contributed by atoms with Crippen LogP contribution in [0.15, 0.2) is 120 Å². The van der Waals surface area contributed by atoms with Crippen LogP contribution in [0.4, 0.5) is 5.69 Å². The van der Waals surface area contributed by atoms with Crippen molar-refractivity contribution >= 4 is 33.5 Å². The number of aliphatic imine (C=N–C) groups is 1. The second-order valence-electron chi connectivity index (χ2n) is 12.2. The maximum Gasteiger partial charge on any atom is 0.126 e. The summed E-state index contributed by atoms with van der Waals surface area (Å²) in [6.45, 7) is 11.2. The second kappa shape index (κ2) is 11.5. The van der Waals surface area contributed by atoms with Crippen molar-refractivity contribution in [2.75, 3.05) is 0 Å². The van der Waals surface area contributed by atoms with E-state index in [2.05, 4.69) is 144 Å². The van der Waals surface area contributed by atoms with Crippen molar-refractivity contribution in [1.29, 1.82) is 0 Å². The molecule has 5 aromatic carbocycles. The molecule has 208 valence electrons. The topological polar surface area (TPSA) is 25.2 Å². The standard InChI is InChI=1S/C39H36N2S/c1-26(2)28-13-9-14-29(23-28)30-15-10-16-31(24-30)33-19-11-21-36-37(33)41-38(42-36)34-18-6-7-20-35(34)40-25-27-12-8-17-32(22-27)39(3,4)5/h6-26H,1-5H3. The molecule has 0 aliphatic rings. The Morgan fingerprint density at radius 1 is 0.690 bits per heavy atom. The Bertz CT molecular complexity index is 1900. The number of nitrogens with zero attached hydrogens (tertiary/aromatic N) is 2. The predicted molar refractivity (Wildman–Crippen MR) is 182 cm³/mol. The van der Waals surface area contributed by atoms with Crippen LogP contribution in [0.1, 0.15) is 57.2 Å². The average Bonchev–Trinajstić information content (AvgIpc) is 3.44. The van der Waals surface area contributed by atoms with E-state index in [0.717, 1.165) is 32.9 Å². The van der Waals surface area contributed by atoms with Gasteiger partial charge in [0.25, 0.3) is 0 Å². The van der Waals surface area contributed by atoms with Crippen LogP contribution < -0.4 is 0 Å². The zero-order valence-electron chi connectivity index (χ0n) is 24.9. The highest BCUT2D eigenvalue weighted by atomic mass is 32.1. The number of hydrogen-bond acceptors (Lipinski definition) is 3. The van der Waals surface area contributed by atoms with Gasteiger partial charge in [0.2, 0.25) is 0 Å². The summed E-state index contributed by atoms with van der Waals surface area (Å²) in [7, 11) is 0. The molecule has 0 aliphatic carbocycles. The largest absolute Gasteiger partial charge is 0.256 e. The SMILES string of the molecule is CC(C)c1cccc(-c2cccc(-c3cccc4sc(-c5ccccc5N=Cc5cccc(C(C)(C)C)c5)nc34)c2)c1. The molecular weight excluding hydrogens is 529 g/mol. The fourth-order valence-corrected chi connectivity index (χ4v) is 6.26. The minimum Gasteiger partial charge on any atom is -0.256 e. The van der Waals surface area contributed by atoms with E-state index in [4.69, 9.17) is 9.98 Å². The van der Waals surface area contributed by atoms with Gasteiger partial charge in [-0.05, 0) is 75.0 Å². The summed E-state index contributed by atoms with van der Waals surface area (Å²) in [5, 5.41) is 0.981. The minimum absolute atomic E-state index is 0.0953. The Morgan fingerprint density at radius 3 is 2.19 bits per heavy atom. The van der Waals surface area contributed by atoms with Crippen LogP contribution in [0.5, 0.6) is 0 Å². The van der Waals surface area contributed by atoms with Gasteiger partial charge in [-0.3, -0.25) is 4.99 Å². The first-order valence-electron chi connectivity index (χ1n) is 14.6. The lowest BCUT2D eigenvalue weighted by Crippen LogP contribution is -2.11. The van der Waals surface area contributed by atoms with Gasteiger partial charge in [0.15, 0.2) is 0 Å². The number of benzene rings is 5. The van der Waals surface area contributed by atoms with Gasteiger partial charge in [-0.25, -0.2) is 4.98 Å². The molecule has 0 unspecified atom stereocenters. The normalized spacial score (nSPS) is 12.0. The molecule has 1 aromatic heterocycles. The third-order valence-corrected chi connectivity index (χ3v) is 8.77. The van der Waals surface area contributed by atoms with E-state index in [1.54, 1.807) is 11.3 Å². The Balaban J connectivity index is 1.37. The molecule has 0 saturated heterocycles. The Morgan fingerprint density at radius 2 is 1.38 bits per heavy atom. The molecule has 1 heterocycles. The van der Waals surface area contributed by atoms with E-state index < -0.39 is 0 Å². The molecule has 6 aromatic rings. The highest BCUT2D eigenvalue weighted by molar-refractivity contribution is 7.21. The van der Waals surface area contributed by atoms with Crippen LogP contribution >= 0.6 is 11.3 Å². The molecule has 0 amide bonds. The zero-order valence-corrected chi connectivity index (χ0v) is 25.7. The van der Waals surface area contributed by atoms with Crippen LogP contribution in [0.25, 0.3) is 43.0 Å². The Hall–Kier alpha value is -4.34. The molecule has 0 radical (unpaired) electrons. The maximum atomic E-state index is 5.21. The number of hydrogen-bond donors (Lipinski definition) is 0. The monoisotopic (exact) mass is 564 g/mol. The summed E-state index contributed by atoms with van der Waals surface area (Å²) in [6, 6.07) is 41.1. The minimum atomic E-state index is 0.0953. The number of thiazole rings is 1. The summed E-state index contributed by atoms with van der Waals surface area (Å²) in [5.41, 5.74) is 11.6. The number of rotatable bonds is 6. The zero-order chi connectivity index (χ0) is 29.3. The van der Waals surface area contributed by atoms with E-state index in [9.17, 15) is 0 Å². The van der Waals surface area contributed by atoms with Crippen molar-refractivity contribution in [3.8, 4) is 32.8 Å². The summed E-state index contributed by atoms with van der Waals surface area (Å²) >= 11 is 1.72. The third kappa shape index (κ3) is 5.84. The number of para-hydroxylation sites is 2. The molecule has 0 fully saturated rings. The molecule has 0 atom stereocenters. The lowest BCUT2D eigenvalue weighted by atomic mass is 9.86. The van der Waals surface area contributed by atoms with Crippen molar-refractivity contribution in [2.45, 2.75) is 46.0 Å². The summed E-state index contributed by atoms with van der Waals surface area (Å²) < 4.78 is 1.17. The van der Waals surface area contributed by atoms with E-state index >= 15 is 0 Å². The Labute approximate surface area is 253 Å². The van der Waals surface area contributed by atoms with E-state index in [1.807, 2.05) is 12.3 Å². The van der Waals surface area contributed by atoms with Crippen LogP contribution in [-0.2, 0) is 5.41 Å². The van der Waals surface area contributed by atoms with Gasteiger partial charge in [0, 0.05) is 17.3 Å². The predicted octanol–water partition coefficient (Wildman–Crippen LogP) is 11.5. The van der Waals surface area contributed by atoms with Crippen LogP contribution in [-0.4, -0.2) is 11.2 Å². The molecule has 42 heavy (non-hydrogen) atoms. The summed E-state index contributed by atoms with van der Waals surface area (Å²) in [6.07, 6.45) is 1.96. The molecule has 0 N–H and O–H groups in total. The number of fused-ring (bicyclic) bond motifs is 1. The van der Waals surface area contributed by atoms with Crippen LogP contribution in [0.3, 0.4) is 0 Å². The van der Waals surface area contributed by atoms with Gasteiger partial charge >= 0.3 is 0 Å². The molecule has 0 saturated carbocycles. The fourth-order valence-electron chi connectivity index (χ4n) is 5.24. The highest BCUT2D eigenvalue weighted by Gasteiger charge is 2.15. The van der Waals surface area contributed by atoms with Gasteiger partial charge in [-0.2, -0.15) is 0 Å². The van der Waals surface area contributed by atoms with Crippen LogP contribution in [0, 0.1) is 0 Å². The first kappa shape index (κ1) is 27.8. The first-order chi connectivity index (χ1) is 20.3. The Kier molecular flexibility index (Phi) is 7.62. The lowest BCUT2D eigenvalue weighted by Gasteiger charge is -2.19. The average molecular weight is 565 g/mol. The van der Waals surface area contributed by atoms with Crippen LogP contribution in [0.2, 0.25) is 0 Å². The summed E-state index contributed by atoms with van der Waals surface area (Å²) in [5.74, 6) is 0.496. The molecular formula is C39H36N2S. The second-order valence-corrected chi connectivity index (χ2v) is 13.2. The molecule has 0 bridgehead atoms. The maximum absolute atomic E-state index is 5.21. The quantitative estimate of drug-likeness (QED) is 0.185. The molecule has 6 rings (SSSR count). The smallest absolute Gasteiger partial charge is 0.126 e. The van der Waals surface area contributed by atoms with Crippen molar-refractivity contribution < 1.29 is 0 Å². The molecule has 3 heteroatoms. The molecule has 0 spiro atoms. The van der Waals surface area contributed by atoms with E-state index in [-0.39, 0.29) is 5.41 Å². The fraction of sp³-hybridized carbons (Fsp3) is 0.179. The van der Waals surface area contributed by atoms with E-state index in [1.165, 1.54) is 32.5 Å². The van der Waals surface area contributed by atoms with Gasteiger partial charge < -0.3 is 0 Å². The summed E-state index contributed by atoms with van der Waals surface area (Å²) in [4.78, 5) is 10.1. The third-order valence-electron chi connectivity index (χ3n) is 7.72. The van der Waals surface area contributed by atoms with Crippen molar-refractivity contribution in [3.63, 3.8) is 0 Å². The first-order valence-corrected chi connectivity index (χ1v) is 15.4. The van der Waals surface area contributed by atoms with E-state index in [0.29, 0.717) is 5.92 Å². The number of aromatic nitrogens is 1. The van der Waals surface area contributed by atoms with Gasteiger partial charge in [0.1, 0.15) is 5.01 Å². The molecule has 2 nitrogen and oxygen atoms in total. The van der Waals surface area contributed by atoms with Crippen molar-refractivity contribution in [2.24, 2.45) is 4.99 Å². The van der Waals surface area contributed by atoms with Gasteiger partial charge in [0.05, 0.1) is 15.9 Å². The molecule has 0 aliphatic heterocycles.